The molecule has 0 N–H and O–H groups in total. The highest BCUT2D eigenvalue weighted by atomic mass is 35.5. The van der Waals surface area contributed by atoms with Gasteiger partial charge in [-0.15, -0.1) is 0 Å². The van der Waals surface area contributed by atoms with Crippen molar-refractivity contribution in [2.24, 2.45) is 0 Å². The van der Waals surface area contributed by atoms with E-state index >= 15 is 0 Å². The zero-order valence-corrected chi connectivity index (χ0v) is 17.7. The summed E-state index contributed by atoms with van der Waals surface area (Å²) in [5, 5.41) is -0.515. The van der Waals surface area contributed by atoms with Crippen molar-refractivity contribution in [3.63, 3.8) is 0 Å². The van der Waals surface area contributed by atoms with Crippen molar-refractivity contribution in [3.05, 3.63) is 94.5 Å². The Labute approximate surface area is 176 Å². The number of carbonyl (C=O) groups excluding carboxylic acids is 1. The van der Waals surface area contributed by atoms with E-state index in [1.165, 1.54) is 0 Å². The Morgan fingerprint density at radius 2 is 1.52 bits per heavy atom. The maximum atomic E-state index is 13.4. The molecule has 0 radical (unpaired) electrons. The van der Waals surface area contributed by atoms with Gasteiger partial charge in [0.25, 0.3) is 0 Å². The van der Waals surface area contributed by atoms with E-state index in [9.17, 15) is 13.2 Å². The average molecular weight is 429 g/mol. The molecular formula is C23H21ClO4S. The first kappa shape index (κ1) is 21.1. The first-order valence-corrected chi connectivity index (χ1v) is 11.0. The van der Waals surface area contributed by atoms with Crippen molar-refractivity contribution >= 4 is 27.2 Å². The summed E-state index contributed by atoms with van der Waals surface area (Å²) in [6.07, 6.45) is -0.176. The molecule has 0 unspecified atom stereocenters. The van der Waals surface area contributed by atoms with Crippen LogP contribution < -0.4 is 4.74 Å². The number of hydrogen-bond donors (Lipinski definition) is 0. The predicted molar refractivity (Wildman–Crippen MR) is 114 cm³/mol. The summed E-state index contributed by atoms with van der Waals surface area (Å²) in [4.78, 5) is 13.1. The highest BCUT2D eigenvalue weighted by Gasteiger charge is 2.31. The molecule has 3 aromatic rings. The minimum atomic E-state index is -3.79. The second kappa shape index (κ2) is 8.80. The largest absolute Gasteiger partial charge is 0.497 e. The molecule has 0 spiro atoms. The van der Waals surface area contributed by atoms with Gasteiger partial charge in [-0.05, 0) is 61.0 Å². The van der Waals surface area contributed by atoms with Gasteiger partial charge in [0.15, 0.2) is 15.6 Å². The summed E-state index contributed by atoms with van der Waals surface area (Å²) in [6.45, 7) is 1.89. The van der Waals surface area contributed by atoms with Crippen LogP contribution in [0.25, 0.3) is 0 Å². The van der Waals surface area contributed by atoms with Gasteiger partial charge in [-0.25, -0.2) is 8.42 Å². The van der Waals surface area contributed by atoms with Crippen molar-refractivity contribution in [2.75, 3.05) is 7.11 Å². The fraction of sp³-hybridized carbons (Fsp3) is 0.174. The van der Waals surface area contributed by atoms with Gasteiger partial charge in [-0.3, -0.25) is 4.79 Å². The number of aryl methyl sites for hydroxylation is 1. The van der Waals surface area contributed by atoms with Crippen LogP contribution in [-0.4, -0.2) is 21.3 Å². The van der Waals surface area contributed by atoms with Gasteiger partial charge in [0.2, 0.25) is 0 Å². The van der Waals surface area contributed by atoms with Gasteiger partial charge in [0, 0.05) is 17.0 Å². The number of benzene rings is 3. The molecule has 4 nitrogen and oxygen atoms in total. The molecule has 0 aliphatic heterocycles. The highest BCUT2D eigenvalue weighted by Crippen LogP contribution is 2.34. The van der Waals surface area contributed by atoms with Gasteiger partial charge in [-0.1, -0.05) is 41.4 Å². The molecule has 150 valence electrons. The third-order valence-electron chi connectivity index (χ3n) is 4.75. The first-order valence-electron chi connectivity index (χ1n) is 9.04. The molecule has 0 saturated carbocycles. The molecular weight excluding hydrogens is 408 g/mol. The monoisotopic (exact) mass is 428 g/mol. The van der Waals surface area contributed by atoms with Crippen molar-refractivity contribution in [2.45, 2.75) is 23.5 Å². The normalized spacial score (nSPS) is 12.4. The van der Waals surface area contributed by atoms with Crippen molar-refractivity contribution in [1.82, 2.24) is 0 Å². The number of rotatable bonds is 7. The SMILES string of the molecule is COc1ccc(C(=O)C[C@@H](c2ccc(Cl)cc2)S(=O)(=O)c2ccc(C)cc2)cc1. The third kappa shape index (κ3) is 4.86. The Morgan fingerprint density at radius 1 is 0.931 bits per heavy atom. The van der Waals surface area contributed by atoms with E-state index < -0.39 is 15.1 Å². The van der Waals surface area contributed by atoms with Crippen molar-refractivity contribution in [1.29, 1.82) is 0 Å². The van der Waals surface area contributed by atoms with E-state index in [-0.39, 0.29) is 17.1 Å². The molecule has 0 aliphatic rings. The van der Waals surface area contributed by atoms with Gasteiger partial charge >= 0.3 is 0 Å². The van der Waals surface area contributed by atoms with Gasteiger partial charge in [0.05, 0.1) is 17.3 Å². The van der Waals surface area contributed by atoms with Crippen LogP contribution in [0.15, 0.2) is 77.7 Å². The Balaban J connectivity index is 1.99. The molecule has 0 fully saturated rings. The van der Waals surface area contributed by atoms with E-state index in [2.05, 4.69) is 0 Å². The quantitative estimate of drug-likeness (QED) is 0.470. The average Bonchev–Trinajstić information content (AvgIpc) is 2.73. The van der Waals surface area contributed by atoms with Crippen molar-refractivity contribution in [3.8, 4) is 5.75 Å². The lowest BCUT2D eigenvalue weighted by atomic mass is 10.0. The van der Waals surface area contributed by atoms with Crippen LogP contribution in [0.4, 0.5) is 0 Å². The van der Waals surface area contributed by atoms with E-state index in [4.69, 9.17) is 16.3 Å². The number of ketones is 1. The van der Waals surface area contributed by atoms with E-state index in [1.807, 2.05) is 6.92 Å². The van der Waals surface area contributed by atoms with Gasteiger partial charge in [0.1, 0.15) is 5.75 Å². The van der Waals surface area contributed by atoms with Crippen LogP contribution in [0.5, 0.6) is 5.75 Å². The standard InChI is InChI=1S/C23H21ClO4S/c1-16-3-13-21(14-4-16)29(26,27)23(18-5-9-19(24)10-6-18)15-22(25)17-7-11-20(28-2)12-8-17/h3-14,23H,15H2,1-2H3/t23-/m0/s1. The first-order chi connectivity index (χ1) is 13.8. The lowest BCUT2D eigenvalue weighted by molar-refractivity contribution is 0.0980. The van der Waals surface area contributed by atoms with Gasteiger partial charge in [-0.2, -0.15) is 0 Å². The Kier molecular flexibility index (Phi) is 6.40. The second-order valence-electron chi connectivity index (χ2n) is 6.75. The van der Waals surface area contributed by atoms with E-state index in [0.29, 0.717) is 21.9 Å². The van der Waals surface area contributed by atoms with Gasteiger partial charge < -0.3 is 4.74 Å². The second-order valence-corrected chi connectivity index (χ2v) is 9.32. The summed E-state index contributed by atoms with van der Waals surface area (Å²) in [5.74, 6) is 0.367. The van der Waals surface area contributed by atoms with Crippen LogP contribution >= 0.6 is 11.6 Å². The van der Waals surface area contributed by atoms with Crippen LogP contribution in [-0.2, 0) is 9.84 Å². The van der Waals surface area contributed by atoms with Crippen molar-refractivity contribution < 1.29 is 17.9 Å². The number of carbonyl (C=O) groups is 1. The zero-order chi connectivity index (χ0) is 21.0. The summed E-state index contributed by atoms with van der Waals surface area (Å²) in [5.41, 5.74) is 1.92. The number of ether oxygens (including phenoxy) is 1. The number of sulfone groups is 1. The number of halogens is 1. The maximum absolute atomic E-state index is 13.4. The maximum Gasteiger partial charge on any atom is 0.185 e. The number of Topliss-reactive ketones (excluding diaryl/α,β-unsaturated/α-hetero) is 1. The van der Waals surface area contributed by atoms with Crippen LogP contribution in [0.2, 0.25) is 5.02 Å². The summed E-state index contributed by atoms with van der Waals surface area (Å²) >= 11 is 5.97. The number of methoxy groups -OCH3 is 1. The van der Waals surface area contributed by atoms with Crippen LogP contribution in [0.1, 0.15) is 33.2 Å². The smallest absolute Gasteiger partial charge is 0.185 e. The number of hydrogen-bond acceptors (Lipinski definition) is 4. The predicted octanol–water partition coefficient (Wildman–Crippen LogP) is 5.45. The molecule has 0 aromatic heterocycles. The van der Waals surface area contributed by atoms with E-state index in [0.717, 1.165) is 5.56 Å². The Morgan fingerprint density at radius 3 is 2.07 bits per heavy atom. The molecule has 3 aromatic carbocycles. The molecule has 0 aliphatic carbocycles. The molecule has 29 heavy (non-hydrogen) atoms. The molecule has 0 amide bonds. The Bertz CT molecular complexity index is 1090. The fourth-order valence-electron chi connectivity index (χ4n) is 3.04. The molecule has 1 atom stereocenters. The molecule has 0 bridgehead atoms. The summed E-state index contributed by atoms with van der Waals surface area (Å²) < 4.78 is 31.9. The fourth-order valence-corrected chi connectivity index (χ4v) is 4.90. The summed E-state index contributed by atoms with van der Waals surface area (Å²) in [7, 11) is -2.25. The lowest BCUT2D eigenvalue weighted by Crippen LogP contribution is -2.18. The third-order valence-corrected chi connectivity index (χ3v) is 7.12. The lowest BCUT2D eigenvalue weighted by Gasteiger charge is -2.18. The minimum absolute atomic E-state index is 0.176. The van der Waals surface area contributed by atoms with E-state index in [1.54, 1.807) is 79.9 Å². The molecule has 0 heterocycles. The topological polar surface area (TPSA) is 60.4 Å². The zero-order valence-electron chi connectivity index (χ0n) is 16.1. The van der Waals surface area contributed by atoms with Crippen LogP contribution in [0, 0.1) is 6.92 Å². The molecule has 0 saturated heterocycles. The minimum Gasteiger partial charge on any atom is -0.497 e. The molecule has 3 rings (SSSR count). The molecule has 6 heteroatoms. The Hall–Kier alpha value is -2.63. The highest BCUT2D eigenvalue weighted by molar-refractivity contribution is 7.91. The summed E-state index contributed by atoms with van der Waals surface area (Å²) in [6, 6.07) is 19.8. The van der Waals surface area contributed by atoms with Crippen LogP contribution in [0.3, 0.4) is 0 Å².